The van der Waals surface area contributed by atoms with E-state index in [4.69, 9.17) is 4.74 Å². The molecule has 1 saturated heterocycles. The summed E-state index contributed by atoms with van der Waals surface area (Å²) in [6.45, 7) is 6.50. The molecule has 0 aromatic rings. The molecule has 1 aliphatic rings. The lowest BCUT2D eigenvalue weighted by molar-refractivity contribution is -0.150. The minimum absolute atomic E-state index is 0.115. The predicted molar refractivity (Wildman–Crippen MR) is 64.5 cm³/mol. The predicted octanol–water partition coefficient (Wildman–Crippen LogP) is 0.538. The van der Waals surface area contributed by atoms with Crippen molar-refractivity contribution in [1.82, 2.24) is 10.2 Å². The van der Waals surface area contributed by atoms with Crippen LogP contribution >= 0.6 is 0 Å². The molecule has 0 bridgehead atoms. The van der Waals surface area contributed by atoms with E-state index < -0.39 is 0 Å². The molecule has 1 unspecified atom stereocenters. The molecule has 1 N–H and O–H groups in total. The number of piperazine rings is 1. The third-order valence-corrected chi connectivity index (χ3v) is 3.26. The number of amides is 2. The summed E-state index contributed by atoms with van der Waals surface area (Å²) in [5.41, 5.74) is -0.312. The molecule has 0 aromatic heterocycles. The largest absolute Gasteiger partial charge is 0.379 e. The van der Waals surface area contributed by atoms with Gasteiger partial charge < -0.3 is 4.74 Å². The monoisotopic (exact) mass is 242 g/mol. The Hall–Kier alpha value is -0.940. The van der Waals surface area contributed by atoms with Gasteiger partial charge in [0.1, 0.15) is 0 Å². The highest BCUT2D eigenvalue weighted by Crippen LogP contribution is 2.15. The maximum Gasteiger partial charge on any atom is 0.246 e. The van der Waals surface area contributed by atoms with Crippen molar-refractivity contribution in [2.75, 3.05) is 20.2 Å². The number of carbonyl (C=O) groups is 2. The lowest BCUT2D eigenvalue weighted by atomic mass is 10.0. The zero-order valence-corrected chi connectivity index (χ0v) is 11.1. The van der Waals surface area contributed by atoms with E-state index in [-0.39, 0.29) is 30.0 Å². The molecule has 1 heterocycles. The molecular formula is C12H22N2O3. The molecule has 0 radical (unpaired) electrons. The highest BCUT2D eigenvalue weighted by atomic mass is 16.5. The van der Waals surface area contributed by atoms with Crippen molar-refractivity contribution in [3.63, 3.8) is 0 Å². The molecule has 1 fully saturated rings. The van der Waals surface area contributed by atoms with Crippen molar-refractivity contribution in [1.29, 1.82) is 0 Å². The number of imide groups is 1. The van der Waals surface area contributed by atoms with E-state index >= 15 is 0 Å². The van der Waals surface area contributed by atoms with Gasteiger partial charge >= 0.3 is 0 Å². The van der Waals surface area contributed by atoms with Gasteiger partial charge in [0.25, 0.3) is 0 Å². The Bertz CT molecular complexity index is 302. The van der Waals surface area contributed by atoms with E-state index in [9.17, 15) is 9.59 Å². The van der Waals surface area contributed by atoms with Crippen LogP contribution < -0.4 is 5.32 Å². The van der Waals surface area contributed by atoms with Crippen LogP contribution in [0.3, 0.4) is 0 Å². The van der Waals surface area contributed by atoms with Gasteiger partial charge in [-0.2, -0.15) is 0 Å². The first-order valence-corrected chi connectivity index (χ1v) is 6.04. The molecular weight excluding hydrogens is 220 g/mol. The first-order chi connectivity index (χ1) is 7.91. The summed E-state index contributed by atoms with van der Waals surface area (Å²) in [4.78, 5) is 25.0. The molecule has 1 aliphatic heterocycles. The normalized spacial score (nSPS) is 22.1. The molecule has 17 heavy (non-hydrogen) atoms. The Morgan fingerprint density at radius 2 is 2.12 bits per heavy atom. The summed E-state index contributed by atoms with van der Waals surface area (Å²) >= 11 is 0. The number of nitrogens with zero attached hydrogens (tertiary/aromatic N) is 1. The maximum absolute atomic E-state index is 12.0. The topological polar surface area (TPSA) is 58.6 Å². The molecule has 98 valence electrons. The fourth-order valence-corrected chi connectivity index (χ4v) is 1.74. The van der Waals surface area contributed by atoms with Crippen LogP contribution in [0.25, 0.3) is 0 Å². The molecule has 0 saturated carbocycles. The van der Waals surface area contributed by atoms with Crippen LogP contribution in [-0.2, 0) is 14.3 Å². The van der Waals surface area contributed by atoms with E-state index in [2.05, 4.69) is 5.32 Å². The minimum atomic E-state index is -0.312. The number of carbonyl (C=O) groups excluding carboxylic acids is 2. The van der Waals surface area contributed by atoms with E-state index in [1.165, 1.54) is 4.90 Å². The minimum Gasteiger partial charge on any atom is -0.379 e. The van der Waals surface area contributed by atoms with Crippen LogP contribution in [-0.4, -0.2) is 48.6 Å². The number of hydrogen-bond acceptors (Lipinski definition) is 4. The second-order valence-electron chi connectivity index (χ2n) is 4.94. The van der Waals surface area contributed by atoms with Gasteiger partial charge in [0, 0.05) is 13.7 Å². The Morgan fingerprint density at radius 3 is 2.65 bits per heavy atom. The second-order valence-corrected chi connectivity index (χ2v) is 4.94. The summed E-state index contributed by atoms with van der Waals surface area (Å²) < 4.78 is 5.29. The summed E-state index contributed by atoms with van der Waals surface area (Å²) in [6.07, 6.45) is 1.35. The number of nitrogens with one attached hydrogen (secondary N) is 1. The summed E-state index contributed by atoms with van der Waals surface area (Å²) in [5.74, 6) is -0.262. The van der Waals surface area contributed by atoms with Crippen LogP contribution in [0, 0.1) is 0 Å². The quantitative estimate of drug-likeness (QED) is 0.715. The number of hydrogen-bond donors (Lipinski definition) is 1. The standard InChI is InChI=1S/C12H22N2O3/c1-5-9-11(16)14(10(15)8-13-9)7-6-12(2,3)17-4/h9,13H,5-8H2,1-4H3. The van der Waals surface area contributed by atoms with Crippen molar-refractivity contribution in [2.24, 2.45) is 0 Å². The fourth-order valence-electron chi connectivity index (χ4n) is 1.74. The van der Waals surface area contributed by atoms with Gasteiger partial charge in [0.05, 0.1) is 18.2 Å². The zero-order chi connectivity index (χ0) is 13.1. The van der Waals surface area contributed by atoms with E-state index in [0.717, 1.165) is 0 Å². The molecule has 1 atom stereocenters. The summed E-state index contributed by atoms with van der Waals surface area (Å²) in [7, 11) is 1.64. The second kappa shape index (κ2) is 5.60. The Morgan fingerprint density at radius 1 is 1.47 bits per heavy atom. The lowest BCUT2D eigenvalue weighted by Gasteiger charge is -2.33. The lowest BCUT2D eigenvalue weighted by Crippen LogP contribution is -2.58. The van der Waals surface area contributed by atoms with Crippen LogP contribution in [0.5, 0.6) is 0 Å². The van der Waals surface area contributed by atoms with E-state index in [1.54, 1.807) is 7.11 Å². The molecule has 5 nitrogen and oxygen atoms in total. The van der Waals surface area contributed by atoms with Gasteiger partial charge in [0.15, 0.2) is 0 Å². The van der Waals surface area contributed by atoms with Gasteiger partial charge in [-0.3, -0.25) is 19.8 Å². The van der Waals surface area contributed by atoms with E-state index in [0.29, 0.717) is 19.4 Å². The first-order valence-electron chi connectivity index (χ1n) is 6.04. The third kappa shape index (κ3) is 3.51. The summed E-state index contributed by atoms with van der Waals surface area (Å²) in [6, 6.07) is -0.224. The van der Waals surface area contributed by atoms with Crippen molar-refractivity contribution in [3.05, 3.63) is 0 Å². The molecule has 0 aliphatic carbocycles. The van der Waals surface area contributed by atoms with Crippen molar-refractivity contribution >= 4 is 11.8 Å². The van der Waals surface area contributed by atoms with Crippen LogP contribution in [0.4, 0.5) is 0 Å². The number of rotatable bonds is 5. The molecule has 0 aromatic carbocycles. The van der Waals surface area contributed by atoms with Gasteiger partial charge in [-0.1, -0.05) is 6.92 Å². The van der Waals surface area contributed by atoms with Crippen molar-refractivity contribution in [3.8, 4) is 0 Å². The van der Waals surface area contributed by atoms with Gasteiger partial charge in [-0.15, -0.1) is 0 Å². The molecule has 0 spiro atoms. The van der Waals surface area contributed by atoms with Crippen molar-refractivity contribution < 1.29 is 14.3 Å². The average Bonchev–Trinajstić information content (AvgIpc) is 2.29. The fraction of sp³-hybridized carbons (Fsp3) is 0.833. The van der Waals surface area contributed by atoms with Crippen LogP contribution in [0.15, 0.2) is 0 Å². The molecule has 5 heteroatoms. The average molecular weight is 242 g/mol. The van der Waals surface area contributed by atoms with Gasteiger partial charge in [-0.05, 0) is 26.7 Å². The van der Waals surface area contributed by atoms with E-state index in [1.807, 2.05) is 20.8 Å². The molecule has 1 rings (SSSR count). The van der Waals surface area contributed by atoms with Crippen molar-refractivity contribution in [2.45, 2.75) is 45.3 Å². The van der Waals surface area contributed by atoms with Crippen LogP contribution in [0.1, 0.15) is 33.6 Å². The third-order valence-electron chi connectivity index (χ3n) is 3.26. The smallest absolute Gasteiger partial charge is 0.246 e. The number of methoxy groups -OCH3 is 1. The first kappa shape index (κ1) is 14.1. The number of ether oxygens (including phenoxy) is 1. The zero-order valence-electron chi connectivity index (χ0n) is 11.1. The van der Waals surface area contributed by atoms with Gasteiger partial charge in [0.2, 0.25) is 11.8 Å². The summed E-state index contributed by atoms with van der Waals surface area (Å²) in [5, 5.41) is 2.94. The Kier molecular flexibility index (Phi) is 4.65. The maximum atomic E-state index is 12.0. The van der Waals surface area contributed by atoms with Gasteiger partial charge in [-0.25, -0.2) is 0 Å². The SMILES string of the molecule is CCC1NCC(=O)N(CCC(C)(C)OC)C1=O. The molecule has 2 amide bonds. The Labute approximate surface area is 102 Å². The Balaban J connectivity index is 2.61. The van der Waals surface area contributed by atoms with Crippen LogP contribution in [0.2, 0.25) is 0 Å². The highest BCUT2D eigenvalue weighted by molar-refractivity contribution is 6.01. The highest BCUT2D eigenvalue weighted by Gasteiger charge is 2.33.